The van der Waals surface area contributed by atoms with Gasteiger partial charge in [-0.15, -0.1) is 8.78 Å². The van der Waals surface area contributed by atoms with Gasteiger partial charge in [-0.05, 0) is 31.2 Å². The van der Waals surface area contributed by atoms with Crippen LogP contribution in [0.2, 0.25) is 0 Å². The minimum Gasteiger partial charge on any atom is -0.504 e. The van der Waals surface area contributed by atoms with E-state index in [9.17, 15) is 13.9 Å². The third kappa shape index (κ3) is 3.18. The Balaban J connectivity index is 1.83. The number of aliphatic imine (C=N–C) groups is 1. The first-order valence-corrected chi connectivity index (χ1v) is 6.87. The highest BCUT2D eigenvalue weighted by molar-refractivity contribution is 5.86. The maximum atomic E-state index is 13.0. The van der Waals surface area contributed by atoms with Gasteiger partial charge in [-0.3, -0.25) is 4.99 Å². The van der Waals surface area contributed by atoms with E-state index in [1.807, 2.05) is 6.92 Å². The Bertz CT molecular complexity index is 762. The zero-order valence-electron chi connectivity index (χ0n) is 12.1. The van der Waals surface area contributed by atoms with Crippen LogP contribution in [0.4, 0.5) is 14.5 Å². The Labute approximate surface area is 130 Å². The van der Waals surface area contributed by atoms with Gasteiger partial charge in [0.25, 0.3) is 0 Å². The molecule has 0 bridgehead atoms. The molecule has 0 aromatic heterocycles. The number of ether oxygens (including phenoxy) is 3. The van der Waals surface area contributed by atoms with Crippen molar-refractivity contribution in [2.45, 2.75) is 13.2 Å². The summed E-state index contributed by atoms with van der Waals surface area (Å²) in [6.07, 6.45) is -2.25. The highest BCUT2D eigenvalue weighted by atomic mass is 19.3. The summed E-state index contributed by atoms with van der Waals surface area (Å²) >= 11 is 0. The minimum atomic E-state index is -3.66. The molecule has 2 aromatic carbocycles. The van der Waals surface area contributed by atoms with Crippen molar-refractivity contribution in [2.24, 2.45) is 4.99 Å². The molecule has 0 amide bonds. The first-order valence-electron chi connectivity index (χ1n) is 6.87. The lowest BCUT2D eigenvalue weighted by Crippen LogP contribution is -2.25. The monoisotopic (exact) mass is 321 g/mol. The molecular formula is C16H13F2NO4. The molecule has 0 unspecified atom stereocenters. The highest BCUT2D eigenvalue weighted by Crippen LogP contribution is 2.42. The second-order valence-electron chi connectivity index (χ2n) is 4.68. The molecule has 3 rings (SSSR count). The summed E-state index contributed by atoms with van der Waals surface area (Å²) in [4.78, 5) is 4.14. The van der Waals surface area contributed by atoms with Crippen LogP contribution in [0, 0.1) is 0 Å². The molecule has 1 N–H and O–H groups in total. The van der Waals surface area contributed by atoms with E-state index in [1.165, 1.54) is 24.4 Å². The molecule has 23 heavy (non-hydrogen) atoms. The summed E-state index contributed by atoms with van der Waals surface area (Å²) in [6, 6.07) is 9.19. The number of phenolic OH excluding ortho intramolecular Hbond substituents is 1. The Morgan fingerprint density at radius 1 is 1.22 bits per heavy atom. The van der Waals surface area contributed by atoms with Gasteiger partial charge in [0.05, 0.1) is 12.3 Å². The van der Waals surface area contributed by atoms with E-state index in [2.05, 4.69) is 14.5 Å². The molecule has 7 heteroatoms. The van der Waals surface area contributed by atoms with Crippen LogP contribution in [0.1, 0.15) is 12.5 Å². The number of hydrogen-bond acceptors (Lipinski definition) is 5. The second kappa shape index (κ2) is 5.75. The number of fused-ring (bicyclic) bond motifs is 1. The van der Waals surface area contributed by atoms with Crippen molar-refractivity contribution in [3.8, 4) is 23.0 Å². The number of hydrogen-bond donors (Lipinski definition) is 1. The Morgan fingerprint density at radius 2 is 2.00 bits per heavy atom. The number of aromatic hydroxyl groups is 1. The number of nitrogens with zero attached hydrogens (tertiary/aromatic N) is 1. The number of rotatable bonds is 4. The lowest BCUT2D eigenvalue weighted by atomic mass is 10.2. The summed E-state index contributed by atoms with van der Waals surface area (Å²) < 4.78 is 39.9. The lowest BCUT2D eigenvalue weighted by molar-refractivity contribution is -0.286. The van der Waals surface area contributed by atoms with E-state index in [1.54, 1.807) is 18.2 Å². The average molecular weight is 321 g/mol. The summed E-state index contributed by atoms with van der Waals surface area (Å²) in [6.45, 7) is 2.23. The van der Waals surface area contributed by atoms with Gasteiger partial charge >= 0.3 is 6.29 Å². The van der Waals surface area contributed by atoms with Crippen molar-refractivity contribution in [1.82, 2.24) is 0 Å². The Morgan fingerprint density at radius 3 is 2.78 bits per heavy atom. The molecule has 0 spiro atoms. The summed E-state index contributed by atoms with van der Waals surface area (Å²) in [5.41, 5.74) is 0.824. The molecule has 0 aliphatic carbocycles. The molecule has 0 saturated carbocycles. The molecule has 2 aromatic rings. The molecule has 1 aliphatic heterocycles. The van der Waals surface area contributed by atoms with Gasteiger partial charge in [-0.25, -0.2) is 0 Å². The smallest absolute Gasteiger partial charge is 0.504 e. The van der Waals surface area contributed by atoms with E-state index in [-0.39, 0.29) is 17.2 Å². The maximum Gasteiger partial charge on any atom is 0.586 e. The lowest BCUT2D eigenvalue weighted by Gasteiger charge is -2.07. The van der Waals surface area contributed by atoms with Crippen molar-refractivity contribution in [3.05, 3.63) is 42.0 Å². The molecule has 0 radical (unpaired) electrons. The molecular weight excluding hydrogens is 308 g/mol. The number of para-hydroxylation sites is 1. The number of halogens is 2. The molecule has 5 nitrogen and oxygen atoms in total. The third-order valence-corrected chi connectivity index (χ3v) is 3.07. The molecule has 0 saturated heterocycles. The van der Waals surface area contributed by atoms with Crippen LogP contribution in [-0.2, 0) is 0 Å². The highest BCUT2D eigenvalue weighted by Gasteiger charge is 2.43. The van der Waals surface area contributed by atoms with Gasteiger partial charge in [-0.2, -0.15) is 0 Å². The average Bonchev–Trinajstić information content (AvgIpc) is 2.81. The SMILES string of the molecule is CCOc1cccc(C=Nc2ccc3c(c2)OC(F)(F)O3)c1O. The van der Waals surface area contributed by atoms with Gasteiger partial charge in [0, 0.05) is 17.8 Å². The normalized spacial score (nSPS) is 15.1. The second-order valence-corrected chi connectivity index (χ2v) is 4.68. The molecule has 1 heterocycles. The predicted molar refractivity (Wildman–Crippen MR) is 79.2 cm³/mol. The van der Waals surface area contributed by atoms with E-state index in [0.29, 0.717) is 23.6 Å². The fraction of sp³-hybridized carbons (Fsp3) is 0.188. The van der Waals surface area contributed by atoms with Crippen molar-refractivity contribution in [2.75, 3.05) is 6.61 Å². The zero-order chi connectivity index (χ0) is 16.4. The quantitative estimate of drug-likeness (QED) is 0.869. The van der Waals surface area contributed by atoms with Crippen LogP contribution in [0.15, 0.2) is 41.4 Å². The fourth-order valence-corrected chi connectivity index (χ4v) is 2.08. The third-order valence-electron chi connectivity index (χ3n) is 3.07. The van der Waals surface area contributed by atoms with Gasteiger partial charge in [0.15, 0.2) is 23.0 Å². The van der Waals surface area contributed by atoms with Crippen LogP contribution in [0.25, 0.3) is 0 Å². The number of alkyl halides is 2. The summed E-state index contributed by atoms with van der Waals surface area (Å²) in [5.74, 6) is 0.180. The first kappa shape index (κ1) is 15.1. The van der Waals surface area contributed by atoms with E-state index < -0.39 is 6.29 Å². The van der Waals surface area contributed by atoms with Crippen LogP contribution in [-0.4, -0.2) is 24.2 Å². The van der Waals surface area contributed by atoms with Gasteiger partial charge in [-0.1, -0.05) is 6.07 Å². The van der Waals surface area contributed by atoms with Crippen LogP contribution >= 0.6 is 0 Å². The van der Waals surface area contributed by atoms with Gasteiger partial charge < -0.3 is 19.3 Å². The molecule has 120 valence electrons. The fourth-order valence-electron chi connectivity index (χ4n) is 2.08. The zero-order valence-corrected chi connectivity index (χ0v) is 12.1. The standard InChI is InChI=1S/C16H13F2NO4/c1-2-21-13-5-3-4-10(15(13)20)9-19-11-6-7-12-14(8-11)23-16(17,18)22-12/h3-9,20H,2H2,1H3. The number of benzene rings is 2. The largest absolute Gasteiger partial charge is 0.586 e. The minimum absolute atomic E-state index is 0.0367. The van der Waals surface area contributed by atoms with E-state index >= 15 is 0 Å². The predicted octanol–water partition coefficient (Wildman–Crippen LogP) is 3.86. The van der Waals surface area contributed by atoms with Gasteiger partial charge in [0.1, 0.15) is 0 Å². The Hall–Kier alpha value is -2.83. The van der Waals surface area contributed by atoms with Crippen molar-refractivity contribution < 1.29 is 28.1 Å². The maximum absolute atomic E-state index is 13.0. The summed E-state index contributed by atoms with van der Waals surface area (Å²) in [5, 5.41) is 10.1. The number of phenols is 1. The molecule has 0 fully saturated rings. The van der Waals surface area contributed by atoms with Crippen LogP contribution in [0.3, 0.4) is 0 Å². The van der Waals surface area contributed by atoms with Crippen LogP contribution < -0.4 is 14.2 Å². The van der Waals surface area contributed by atoms with Crippen molar-refractivity contribution in [3.63, 3.8) is 0 Å². The topological polar surface area (TPSA) is 60.3 Å². The van der Waals surface area contributed by atoms with E-state index in [0.717, 1.165) is 0 Å². The van der Waals surface area contributed by atoms with Crippen molar-refractivity contribution in [1.29, 1.82) is 0 Å². The first-order chi connectivity index (χ1) is 11.0. The molecule has 1 aliphatic rings. The summed E-state index contributed by atoms with van der Waals surface area (Å²) in [7, 11) is 0. The van der Waals surface area contributed by atoms with Gasteiger partial charge in [0.2, 0.25) is 0 Å². The van der Waals surface area contributed by atoms with Crippen molar-refractivity contribution >= 4 is 11.9 Å². The Kier molecular flexibility index (Phi) is 3.77. The van der Waals surface area contributed by atoms with E-state index in [4.69, 9.17) is 4.74 Å². The molecule has 0 atom stereocenters. The van der Waals surface area contributed by atoms with Crippen LogP contribution in [0.5, 0.6) is 23.0 Å².